The fraction of sp³-hybridized carbons (Fsp3) is 0.643. The lowest BCUT2D eigenvalue weighted by molar-refractivity contribution is 0.212. The third-order valence-corrected chi connectivity index (χ3v) is 5.54. The average molecular weight is 282 g/mol. The van der Waals surface area contributed by atoms with E-state index in [4.69, 9.17) is 0 Å². The van der Waals surface area contributed by atoms with Gasteiger partial charge in [0.1, 0.15) is 0 Å². The molecule has 1 saturated heterocycles. The Morgan fingerprint density at radius 1 is 1.37 bits per heavy atom. The zero-order valence-corrected chi connectivity index (χ0v) is 12.5. The van der Waals surface area contributed by atoms with Crippen molar-refractivity contribution < 1.29 is 8.42 Å². The fourth-order valence-corrected chi connectivity index (χ4v) is 4.29. The molecule has 1 atom stereocenters. The van der Waals surface area contributed by atoms with Gasteiger partial charge in [-0.15, -0.1) is 0 Å². The van der Waals surface area contributed by atoms with Gasteiger partial charge in [0.15, 0.2) is 9.84 Å². The summed E-state index contributed by atoms with van der Waals surface area (Å²) < 4.78 is 23.1. The molecule has 4 nitrogen and oxygen atoms in total. The van der Waals surface area contributed by atoms with Crippen molar-refractivity contribution in [1.29, 1.82) is 0 Å². The Morgan fingerprint density at radius 3 is 2.63 bits per heavy atom. The molecule has 0 unspecified atom stereocenters. The summed E-state index contributed by atoms with van der Waals surface area (Å²) >= 11 is 0. The molecule has 5 heteroatoms. The van der Waals surface area contributed by atoms with Crippen molar-refractivity contribution in [2.24, 2.45) is 0 Å². The third kappa shape index (κ3) is 3.76. The van der Waals surface area contributed by atoms with Gasteiger partial charge in [-0.1, -0.05) is 19.9 Å². The van der Waals surface area contributed by atoms with E-state index in [0.29, 0.717) is 11.5 Å². The molecular weight excluding hydrogens is 260 g/mol. The minimum absolute atomic E-state index is 0.155. The number of nitrogens with zero attached hydrogens (tertiary/aromatic N) is 2. The van der Waals surface area contributed by atoms with Gasteiger partial charge in [-0.3, -0.25) is 9.88 Å². The van der Waals surface area contributed by atoms with Crippen molar-refractivity contribution in [3.05, 3.63) is 29.6 Å². The predicted molar refractivity (Wildman–Crippen MR) is 76.8 cm³/mol. The molecule has 1 aliphatic rings. The van der Waals surface area contributed by atoms with Gasteiger partial charge in [0.05, 0.1) is 17.2 Å². The smallest absolute Gasteiger partial charge is 0.151 e. The largest absolute Gasteiger partial charge is 0.294 e. The molecule has 0 N–H and O–H groups in total. The zero-order valence-electron chi connectivity index (χ0n) is 11.7. The second-order valence-electron chi connectivity index (χ2n) is 5.13. The Bertz CT molecular complexity index is 511. The van der Waals surface area contributed by atoms with Crippen LogP contribution in [-0.4, -0.2) is 42.4 Å². The van der Waals surface area contributed by atoms with Crippen LogP contribution in [-0.2, 0) is 22.8 Å². The van der Waals surface area contributed by atoms with E-state index in [1.165, 1.54) is 5.56 Å². The molecule has 0 amide bonds. The normalized spacial score (nSPS) is 21.9. The highest BCUT2D eigenvalue weighted by atomic mass is 32.2. The highest BCUT2D eigenvalue weighted by molar-refractivity contribution is 7.91. The molecule has 1 aliphatic heterocycles. The Kier molecular flexibility index (Phi) is 4.58. The molecule has 1 aromatic heterocycles. The number of aryl methyl sites for hydroxylation is 1. The predicted octanol–water partition coefficient (Wildman–Crippen LogP) is 1.65. The number of hydrogen-bond acceptors (Lipinski definition) is 4. The molecule has 0 aromatic carbocycles. The Morgan fingerprint density at radius 2 is 2.16 bits per heavy atom. The third-order valence-electron chi connectivity index (χ3n) is 3.79. The molecule has 19 heavy (non-hydrogen) atoms. The van der Waals surface area contributed by atoms with Crippen molar-refractivity contribution in [2.75, 3.05) is 18.1 Å². The highest BCUT2D eigenvalue weighted by Crippen LogP contribution is 2.19. The molecular formula is C14H22N2O2S. The lowest BCUT2D eigenvalue weighted by Crippen LogP contribution is -2.35. The maximum atomic E-state index is 11.6. The minimum atomic E-state index is -2.82. The molecule has 0 radical (unpaired) electrons. The summed E-state index contributed by atoms with van der Waals surface area (Å²) in [5, 5.41) is 0. The van der Waals surface area contributed by atoms with Crippen LogP contribution in [0, 0.1) is 0 Å². The van der Waals surface area contributed by atoms with Gasteiger partial charge in [0.25, 0.3) is 0 Å². The minimum Gasteiger partial charge on any atom is -0.294 e. The van der Waals surface area contributed by atoms with Crippen LogP contribution >= 0.6 is 0 Å². The molecule has 1 aromatic rings. The first-order valence-electron chi connectivity index (χ1n) is 6.92. The first-order valence-corrected chi connectivity index (χ1v) is 8.74. The lowest BCUT2D eigenvalue weighted by Gasteiger charge is -2.26. The SMILES string of the molecule is CCc1ccc(CN(CC)[C@@H]2CCS(=O)(=O)C2)nc1. The van der Waals surface area contributed by atoms with Crippen LogP contribution in [0.1, 0.15) is 31.5 Å². The molecule has 1 fully saturated rings. The Balaban J connectivity index is 2.02. The van der Waals surface area contributed by atoms with Crippen molar-refractivity contribution in [2.45, 2.75) is 39.3 Å². The van der Waals surface area contributed by atoms with Gasteiger partial charge in [-0.05, 0) is 31.0 Å². The second kappa shape index (κ2) is 6.01. The van der Waals surface area contributed by atoms with Crippen LogP contribution in [0.2, 0.25) is 0 Å². The monoisotopic (exact) mass is 282 g/mol. The first kappa shape index (κ1) is 14.5. The van der Waals surface area contributed by atoms with Gasteiger partial charge in [-0.25, -0.2) is 8.42 Å². The summed E-state index contributed by atoms with van der Waals surface area (Å²) in [6.07, 6.45) is 3.66. The van der Waals surface area contributed by atoms with E-state index in [1.807, 2.05) is 12.3 Å². The van der Waals surface area contributed by atoms with E-state index in [1.54, 1.807) is 0 Å². The van der Waals surface area contributed by atoms with Crippen LogP contribution in [0.3, 0.4) is 0 Å². The Labute approximate surface area is 115 Å². The van der Waals surface area contributed by atoms with Crippen molar-refractivity contribution in [3.63, 3.8) is 0 Å². The van der Waals surface area contributed by atoms with E-state index in [-0.39, 0.29) is 6.04 Å². The van der Waals surface area contributed by atoms with Crippen molar-refractivity contribution in [3.8, 4) is 0 Å². The van der Waals surface area contributed by atoms with Crippen LogP contribution in [0.5, 0.6) is 0 Å². The zero-order chi connectivity index (χ0) is 13.9. The van der Waals surface area contributed by atoms with Gasteiger partial charge in [0.2, 0.25) is 0 Å². The summed E-state index contributed by atoms with van der Waals surface area (Å²) in [5.74, 6) is 0.629. The molecule has 2 rings (SSSR count). The number of rotatable bonds is 5. The van der Waals surface area contributed by atoms with E-state index in [0.717, 1.165) is 31.6 Å². The van der Waals surface area contributed by atoms with E-state index in [9.17, 15) is 8.42 Å². The molecule has 0 aliphatic carbocycles. The number of hydrogen-bond donors (Lipinski definition) is 0. The summed E-state index contributed by atoms with van der Waals surface area (Å²) in [5.41, 5.74) is 2.25. The fourth-order valence-electron chi connectivity index (χ4n) is 2.53. The van der Waals surface area contributed by atoms with Crippen molar-refractivity contribution in [1.82, 2.24) is 9.88 Å². The maximum absolute atomic E-state index is 11.6. The standard InChI is InChI=1S/C14H22N2O2S/c1-3-12-5-6-13(15-9-12)10-16(4-2)14-7-8-19(17,18)11-14/h5-6,9,14H,3-4,7-8,10-11H2,1-2H3/t14-/m1/s1. The van der Waals surface area contributed by atoms with Gasteiger partial charge in [0, 0.05) is 18.8 Å². The topological polar surface area (TPSA) is 50.3 Å². The lowest BCUT2D eigenvalue weighted by atomic mass is 10.2. The van der Waals surface area contributed by atoms with Crippen LogP contribution in [0.25, 0.3) is 0 Å². The first-order chi connectivity index (χ1) is 9.04. The number of pyridine rings is 1. The molecule has 0 spiro atoms. The summed E-state index contributed by atoms with van der Waals surface area (Å²) in [6, 6.07) is 4.30. The number of aromatic nitrogens is 1. The molecule has 106 valence electrons. The Hall–Kier alpha value is -0.940. The number of sulfone groups is 1. The van der Waals surface area contributed by atoms with E-state index < -0.39 is 9.84 Å². The van der Waals surface area contributed by atoms with Crippen LogP contribution < -0.4 is 0 Å². The highest BCUT2D eigenvalue weighted by Gasteiger charge is 2.31. The van der Waals surface area contributed by atoms with Crippen LogP contribution in [0.4, 0.5) is 0 Å². The molecule has 2 heterocycles. The van der Waals surface area contributed by atoms with Gasteiger partial charge < -0.3 is 0 Å². The van der Waals surface area contributed by atoms with Crippen molar-refractivity contribution >= 4 is 9.84 Å². The quantitative estimate of drug-likeness (QED) is 0.824. The second-order valence-corrected chi connectivity index (χ2v) is 7.36. The van der Waals surface area contributed by atoms with Gasteiger partial charge in [-0.2, -0.15) is 0 Å². The van der Waals surface area contributed by atoms with Gasteiger partial charge >= 0.3 is 0 Å². The molecule has 0 saturated carbocycles. The van der Waals surface area contributed by atoms with E-state index >= 15 is 0 Å². The van der Waals surface area contributed by atoms with E-state index in [2.05, 4.69) is 29.8 Å². The molecule has 0 bridgehead atoms. The maximum Gasteiger partial charge on any atom is 0.151 e. The summed E-state index contributed by atoms with van der Waals surface area (Å²) in [7, 11) is -2.82. The average Bonchev–Trinajstić information content (AvgIpc) is 2.77. The summed E-state index contributed by atoms with van der Waals surface area (Å²) in [4.78, 5) is 6.67. The van der Waals surface area contributed by atoms with Crippen LogP contribution in [0.15, 0.2) is 18.3 Å². The summed E-state index contributed by atoms with van der Waals surface area (Å²) in [6.45, 7) is 5.78.